The lowest BCUT2D eigenvalue weighted by molar-refractivity contribution is 0.761. The Hall–Kier alpha value is -1.62. The predicted octanol–water partition coefficient (Wildman–Crippen LogP) is 2.09. The molecule has 0 aliphatic heterocycles. The van der Waals surface area contributed by atoms with Gasteiger partial charge in [0.05, 0.1) is 6.54 Å². The first-order valence-electron chi connectivity index (χ1n) is 5.55. The van der Waals surface area contributed by atoms with Gasteiger partial charge >= 0.3 is 0 Å². The molecule has 90 valence electrons. The van der Waals surface area contributed by atoms with Gasteiger partial charge in [0.2, 0.25) is 0 Å². The van der Waals surface area contributed by atoms with E-state index in [-0.39, 0.29) is 5.56 Å². The average Bonchev–Trinajstić information content (AvgIpc) is 2.73. The molecule has 0 saturated heterocycles. The lowest BCUT2D eigenvalue weighted by atomic mass is 10.3. The maximum Gasteiger partial charge on any atom is 0.253 e. The summed E-state index contributed by atoms with van der Waals surface area (Å²) in [6.45, 7) is 5.31. The van der Waals surface area contributed by atoms with Gasteiger partial charge in [-0.2, -0.15) is 0 Å². The summed E-state index contributed by atoms with van der Waals surface area (Å²) in [7, 11) is 0. The predicted molar refractivity (Wildman–Crippen MR) is 70.8 cm³/mol. The number of pyridine rings is 1. The van der Waals surface area contributed by atoms with Crippen LogP contribution in [-0.2, 0) is 6.54 Å². The van der Waals surface area contributed by atoms with Crippen molar-refractivity contribution in [1.82, 2.24) is 9.55 Å². The first kappa shape index (κ1) is 11.9. The van der Waals surface area contributed by atoms with E-state index in [0.29, 0.717) is 6.54 Å². The van der Waals surface area contributed by atoms with Crippen molar-refractivity contribution in [2.45, 2.75) is 20.4 Å². The van der Waals surface area contributed by atoms with Crippen LogP contribution in [0.5, 0.6) is 0 Å². The summed E-state index contributed by atoms with van der Waals surface area (Å²) in [5, 5.41) is 4.07. The summed E-state index contributed by atoms with van der Waals surface area (Å²) >= 11 is 1.58. The minimum absolute atomic E-state index is 0.0610. The van der Waals surface area contributed by atoms with E-state index in [9.17, 15) is 4.79 Å². The molecule has 0 aromatic carbocycles. The molecule has 0 amide bonds. The van der Waals surface area contributed by atoms with Crippen LogP contribution in [0.2, 0.25) is 0 Å². The molecule has 0 saturated carbocycles. The fraction of sp³-hybridized carbons (Fsp3) is 0.333. The van der Waals surface area contributed by atoms with E-state index in [1.54, 1.807) is 15.9 Å². The SMILES string of the molecule is CCNc1ncc(Cn2cccc(C)c2=O)s1. The van der Waals surface area contributed by atoms with Gasteiger partial charge in [0.15, 0.2) is 5.13 Å². The molecule has 0 aliphatic carbocycles. The molecule has 2 rings (SSSR count). The molecular weight excluding hydrogens is 234 g/mol. The molecule has 2 aromatic rings. The van der Waals surface area contributed by atoms with Crippen LogP contribution in [0.1, 0.15) is 17.4 Å². The van der Waals surface area contributed by atoms with E-state index in [1.807, 2.05) is 38.4 Å². The third-order valence-corrected chi connectivity index (χ3v) is 3.36. The molecule has 2 aromatic heterocycles. The van der Waals surface area contributed by atoms with Crippen LogP contribution in [0.4, 0.5) is 5.13 Å². The number of nitrogens with one attached hydrogen (secondary N) is 1. The molecule has 0 atom stereocenters. The highest BCUT2D eigenvalue weighted by Crippen LogP contribution is 2.18. The number of rotatable bonds is 4. The molecule has 0 bridgehead atoms. The standard InChI is InChI=1S/C12H15N3OS/c1-3-13-12-14-7-10(17-12)8-15-6-4-5-9(2)11(15)16/h4-7H,3,8H2,1-2H3,(H,13,14). The molecular formula is C12H15N3OS. The number of anilines is 1. The van der Waals surface area contributed by atoms with Crippen molar-refractivity contribution in [2.24, 2.45) is 0 Å². The van der Waals surface area contributed by atoms with E-state index in [4.69, 9.17) is 0 Å². The van der Waals surface area contributed by atoms with Crippen molar-refractivity contribution in [1.29, 1.82) is 0 Å². The summed E-state index contributed by atoms with van der Waals surface area (Å²) in [4.78, 5) is 17.2. The van der Waals surface area contributed by atoms with Gasteiger partial charge in [-0.15, -0.1) is 11.3 Å². The molecule has 0 aliphatic rings. The Morgan fingerprint density at radius 3 is 3.12 bits per heavy atom. The molecule has 4 nitrogen and oxygen atoms in total. The maximum atomic E-state index is 11.8. The Morgan fingerprint density at radius 1 is 1.53 bits per heavy atom. The average molecular weight is 249 g/mol. The van der Waals surface area contributed by atoms with Crippen LogP contribution in [-0.4, -0.2) is 16.1 Å². The van der Waals surface area contributed by atoms with Gasteiger partial charge in [0, 0.05) is 29.4 Å². The van der Waals surface area contributed by atoms with E-state index >= 15 is 0 Å². The molecule has 5 heteroatoms. The zero-order chi connectivity index (χ0) is 12.3. The van der Waals surface area contributed by atoms with Crippen LogP contribution in [0.3, 0.4) is 0 Å². The maximum absolute atomic E-state index is 11.8. The van der Waals surface area contributed by atoms with Gasteiger partial charge in [0.1, 0.15) is 0 Å². The number of thiazole rings is 1. The summed E-state index contributed by atoms with van der Waals surface area (Å²) < 4.78 is 1.71. The van der Waals surface area contributed by atoms with E-state index in [1.165, 1.54) is 0 Å². The second-order valence-corrected chi connectivity index (χ2v) is 4.90. The van der Waals surface area contributed by atoms with Gasteiger partial charge in [-0.05, 0) is 19.9 Å². The van der Waals surface area contributed by atoms with Crippen molar-refractivity contribution < 1.29 is 0 Å². The molecule has 17 heavy (non-hydrogen) atoms. The highest BCUT2D eigenvalue weighted by Gasteiger charge is 2.04. The zero-order valence-electron chi connectivity index (χ0n) is 9.93. The lowest BCUT2D eigenvalue weighted by Gasteiger charge is -2.03. The van der Waals surface area contributed by atoms with Crippen LogP contribution < -0.4 is 10.9 Å². The Morgan fingerprint density at radius 2 is 2.35 bits per heavy atom. The summed E-state index contributed by atoms with van der Waals surface area (Å²) in [5.41, 5.74) is 0.829. The van der Waals surface area contributed by atoms with Gasteiger partial charge in [0.25, 0.3) is 5.56 Å². The number of nitrogens with zero attached hydrogens (tertiary/aromatic N) is 2. The third-order valence-electron chi connectivity index (χ3n) is 2.42. The molecule has 0 spiro atoms. The van der Waals surface area contributed by atoms with Crippen LogP contribution in [0, 0.1) is 6.92 Å². The van der Waals surface area contributed by atoms with Crippen molar-refractivity contribution in [3.05, 3.63) is 45.3 Å². The van der Waals surface area contributed by atoms with Gasteiger partial charge in [-0.3, -0.25) is 4.79 Å². The minimum Gasteiger partial charge on any atom is -0.362 e. The van der Waals surface area contributed by atoms with Gasteiger partial charge in [-0.25, -0.2) is 4.98 Å². The second kappa shape index (κ2) is 5.14. The van der Waals surface area contributed by atoms with Gasteiger partial charge < -0.3 is 9.88 Å². The van der Waals surface area contributed by atoms with E-state index in [0.717, 1.165) is 22.1 Å². The first-order valence-corrected chi connectivity index (χ1v) is 6.37. The minimum atomic E-state index is 0.0610. The van der Waals surface area contributed by atoms with Crippen molar-refractivity contribution in [2.75, 3.05) is 11.9 Å². The smallest absolute Gasteiger partial charge is 0.253 e. The number of aromatic nitrogens is 2. The fourth-order valence-electron chi connectivity index (χ4n) is 1.56. The summed E-state index contributed by atoms with van der Waals surface area (Å²) in [6, 6.07) is 3.72. The summed E-state index contributed by atoms with van der Waals surface area (Å²) in [6.07, 6.45) is 3.62. The van der Waals surface area contributed by atoms with Crippen LogP contribution in [0.15, 0.2) is 29.3 Å². The lowest BCUT2D eigenvalue weighted by Crippen LogP contribution is -2.21. The van der Waals surface area contributed by atoms with Crippen LogP contribution in [0.25, 0.3) is 0 Å². The Balaban J connectivity index is 2.19. The largest absolute Gasteiger partial charge is 0.362 e. The van der Waals surface area contributed by atoms with E-state index < -0.39 is 0 Å². The normalized spacial score (nSPS) is 10.5. The molecule has 1 N–H and O–H groups in total. The zero-order valence-corrected chi connectivity index (χ0v) is 10.8. The number of hydrogen-bond donors (Lipinski definition) is 1. The Kier molecular flexibility index (Phi) is 3.58. The molecule has 0 fully saturated rings. The molecule has 0 unspecified atom stereocenters. The van der Waals surface area contributed by atoms with Crippen molar-refractivity contribution in [3.63, 3.8) is 0 Å². The second-order valence-electron chi connectivity index (χ2n) is 3.79. The third kappa shape index (κ3) is 2.74. The molecule has 2 heterocycles. The molecule has 0 radical (unpaired) electrons. The van der Waals surface area contributed by atoms with Crippen molar-refractivity contribution in [3.8, 4) is 0 Å². The highest BCUT2D eigenvalue weighted by molar-refractivity contribution is 7.15. The fourth-order valence-corrected chi connectivity index (χ4v) is 2.44. The topological polar surface area (TPSA) is 46.9 Å². The van der Waals surface area contributed by atoms with Crippen LogP contribution >= 0.6 is 11.3 Å². The Bertz CT molecular complexity index is 559. The number of hydrogen-bond acceptors (Lipinski definition) is 4. The van der Waals surface area contributed by atoms with E-state index in [2.05, 4.69) is 10.3 Å². The quantitative estimate of drug-likeness (QED) is 0.902. The van der Waals surface area contributed by atoms with Crippen molar-refractivity contribution >= 4 is 16.5 Å². The van der Waals surface area contributed by atoms with Gasteiger partial charge in [-0.1, -0.05) is 6.07 Å². The number of aryl methyl sites for hydroxylation is 1. The Labute approximate surface area is 104 Å². The summed E-state index contributed by atoms with van der Waals surface area (Å²) in [5.74, 6) is 0. The highest BCUT2D eigenvalue weighted by atomic mass is 32.1. The monoisotopic (exact) mass is 249 g/mol. The first-order chi connectivity index (χ1) is 8.20.